The Morgan fingerprint density at radius 3 is 2.36 bits per heavy atom. The van der Waals surface area contributed by atoms with Crippen LogP contribution in [0.25, 0.3) is 0 Å². The van der Waals surface area contributed by atoms with E-state index in [4.69, 9.17) is 14.6 Å². The van der Waals surface area contributed by atoms with Gasteiger partial charge in [-0.1, -0.05) is 6.07 Å². The van der Waals surface area contributed by atoms with E-state index >= 15 is 0 Å². The molecule has 0 saturated carbocycles. The second-order valence-corrected chi connectivity index (χ2v) is 7.01. The molecule has 0 heterocycles. The van der Waals surface area contributed by atoms with Crippen LogP contribution in [0.4, 0.5) is 5.69 Å². The van der Waals surface area contributed by atoms with Crippen LogP contribution in [-0.2, 0) is 14.8 Å². The van der Waals surface area contributed by atoms with Crippen LogP contribution in [0.2, 0.25) is 0 Å². The van der Waals surface area contributed by atoms with Crippen molar-refractivity contribution < 1.29 is 22.7 Å². The molecule has 0 spiro atoms. The maximum Gasteiger partial charge on any atom is 0.338 e. The van der Waals surface area contributed by atoms with Crippen LogP contribution in [0.1, 0.15) is 10.4 Å². The third-order valence-electron chi connectivity index (χ3n) is 3.34. The van der Waals surface area contributed by atoms with Gasteiger partial charge in [-0.25, -0.2) is 18.4 Å². The fourth-order valence-corrected chi connectivity index (χ4v) is 2.53. The van der Waals surface area contributed by atoms with Gasteiger partial charge in [0.25, 0.3) is 0 Å². The van der Waals surface area contributed by atoms with Crippen molar-refractivity contribution in [3.8, 4) is 5.75 Å². The molecule has 0 unspecified atom stereocenters. The van der Waals surface area contributed by atoms with Crippen molar-refractivity contribution in [1.82, 2.24) is 0 Å². The third kappa shape index (κ3) is 5.47. The molecule has 8 heteroatoms. The Morgan fingerprint density at radius 1 is 1.08 bits per heavy atom. The van der Waals surface area contributed by atoms with E-state index in [0.29, 0.717) is 11.3 Å². The highest BCUT2D eigenvalue weighted by atomic mass is 32.2. The minimum Gasteiger partial charge on any atom is -0.490 e. The molecule has 0 aromatic heterocycles. The lowest BCUT2D eigenvalue weighted by molar-refractivity contribution is 0.0450. The van der Waals surface area contributed by atoms with Gasteiger partial charge in [0.2, 0.25) is 10.0 Å². The predicted octanol–water partition coefficient (Wildman–Crippen LogP) is 1.64. The smallest absolute Gasteiger partial charge is 0.338 e. The largest absolute Gasteiger partial charge is 0.490 e. The molecule has 2 aromatic carbocycles. The van der Waals surface area contributed by atoms with Gasteiger partial charge in [-0.2, -0.15) is 0 Å². The number of hydrogen-bond acceptors (Lipinski definition) is 6. The standard InChI is InChI=1S/C17H20N2O5S/c1-19(2)14-5-3-4-13(12-14)17(20)24-11-10-23-15-6-8-16(9-7-15)25(18,21)22/h3-9,12H,10-11H2,1-2H3,(H2,18,21,22). The van der Waals surface area contributed by atoms with Crippen molar-refractivity contribution >= 4 is 21.7 Å². The molecule has 0 aliphatic heterocycles. The van der Waals surface area contributed by atoms with Gasteiger partial charge in [0.05, 0.1) is 10.5 Å². The van der Waals surface area contributed by atoms with Crippen LogP contribution >= 0.6 is 0 Å². The van der Waals surface area contributed by atoms with Gasteiger partial charge in [0.15, 0.2) is 0 Å². The summed E-state index contributed by atoms with van der Waals surface area (Å²) in [5, 5.41) is 5.02. The molecule has 0 bridgehead atoms. The van der Waals surface area contributed by atoms with Crippen LogP contribution in [-0.4, -0.2) is 41.7 Å². The van der Waals surface area contributed by atoms with E-state index in [1.165, 1.54) is 24.3 Å². The first-order valence-corrected chi connectivity index (χ1v) is 9.02. The van der Waals surface area contributed by atoms with Crippen molar-refractivity contribution in [2.45, 2.75) is 4.90 Å². The van der Waals surface area contributed by atoms with Gasteiger partial charge < -0.3 is 14.4 Å². The highest BCUT2D eigenvalue weighted by Crippen LogP contribution is 2.16. The monoisotopic (exact) mass is 364 g/mol. The summed E-state index contributed by atoms with van der Waals surface area (Å²) >= 11 is 0. The number of esters is 1. The highest BCUT2D eigenvalue weighted by molar-refractivity contribution is 7.89. The van der Waals surface area contributed by atoms with Crippen molar-refractivity contribution in [2.24, 2.45) is 5.14 Å². The molecule has 0 saturated heterocycles. The first kappa shape index (κ1) is 18.8. The average Bonchev–Trinajstić information content (AvgIpc) is 2.58. The summed E-state index contributed by atoms with van der Waals surface area (Å²) in [5.74, 6) is 0.0231. The number of nitrogens with two attached hydrogens (primary N) is 1. The molecule has 2 rings (SSSR count). The van der Waals surface area contributed by atoms with E-state index in [0.717, 1.165) is 5.69 Å². The van der Waals surface area contributed by atoms with Gasteiger partial charge in [0, 0.05) is 19.8 Å². The number of rotatable bonds is 7. The summed E-state index contributed by atoms with van der Waals surface area (Å²) in [7, 11) is 0.0520. The van der Waals surface area contributed by atoms with Crippen LogP contribution in [0.15, 0.2) is 53.4 Å². The van der Waals surface area contributed by atoms with E-state index in [-0.39, 0.29) is 18.1 Å². The number of primary sulfonamides is 1. The highest BCUT2D eigenvalue weighted by Gasteiger charge is 2.09. The molecule has 0 amide bonds. The molecule has 7 nitrogen and oxygen atoms in total. The summed E-state index contributed by atoms with van der Waals surface area (Å²) in [6, 6.07) is 12.8. The van der Waals surface area contributed by atoms with E-state index in [1.54, 1.807) is 18.2 Å². The fraction of sp³-hybridized carbons (Fsp3) is 0.235. The topological polar surface area (TPSA) is 98.9 Å². The van der Waals surface area contributed by atoms with E-state index in [2.05, 4.69) is 0 Å². The van der Waals surface area contributed by atoms with E-state index < -0.39 is 16.0 Å². The zero-order chi connectivity index (χ0) is 18.4. The molecule has 2 aromatic rings. The quantitative estimate of drug-likeness (QED) is 0.592. The third-order valence-corrected chi connectivity index (χ3v) is 4.26. The maximum atomic E-state index is 12.0. The van der Waals surface area contributed by atoms with Gasteiger partial charge >= 0.3 is 5.97 Å². The molecule has 0 aliphatic carbocycles. The summed E-state index contributed by atoms with van der Waals surface area (Å²) in [6.45, 7) is 0.218. The second-order valence-electron chi connectivity index (χ2n) is 5.45. The summed E-state index contributed by atoms with van der Waals surface area (Å²) in [4.78, 5) is 13.9. The first-order valence-electron chi connectivity index (χ1n) is 7.47. The Kier molecular flexibility index (Phi) is 6.00. The van der Waals surface area contributed by atoms with Crippen LogP contribution in [0.5, 0.6) is 5.75 Å². The number of ether oxygens (including phenoxy) is 2. The number of hydrogen-bond donors (Lipinski definition) is 1. The fourth-order valence-electron chi connectivity index (χ4n) is 2.01. The molecule has 134 valence electrons. The SMILES string of the molecule is CN(C)c1cccc(C(=O)OCCOc2ccc(S(N)(=O)=O)cc2)c1. The summed E-state index contributed by atoms with van der Waals surface area (Å²) in [5.41, 5.74) is 1.37. The molecule has 0 radical (unpaired) electrons. The Hall–Kier alpha value is -2.58. The lowest BCUT2D eigenvalue weighted by Gasteiger charge is -2.13. The molecule has 0 atom stereocenters. The number of benzene rings is 2. The zero-order valence-corrected chi connectivity index (χ0v) is 14.8. The minimum absolute atomic E-state index is 0.00653. The lowest BCUT2D eigenvalue weighted by atomic mass is 10.2. The molecule has 0 fully saturated rings. The predicted molar refractivity (Wildman–Crippen MR) is 94.4 cm³/mol. The average molecular weight is 364 g/mol. The Balaban J connectivity index is 1.83. The molecule has 25 heavy (non-hydrogen) atoms. The van der Waals surface area contributed by atoms with Gasteiger partial charge in [-0.15, -0.1) is 0 Å². The van der Waals surface area contributed by atoms with Crippen molar-refractivity contribution in [3.63, 3.8) is 0 Å². The number of carbonyl (C=O) groups excluding carboxylic acids is 1. The van der Waals surface area contributed by atoms with E-state index in [1.807, 2.05) is 25.1 Å². The van der Waals surface area contributed by atoms with Crippen molar-refractivity contribution in [1.29, 1.82) is 0 Å². The molecular weight excluding hydrogens is 344 g/mol. The van der Waals surface area contributed by atoms with Crippen LogP contribution in [0.3, 0.4) is 0 Å². The summed E-state index contributed by atoms with van der Waals surface area (Å²) < 4.78 is 32.9. The zero-order valence-electron chi connectivity index (χ0n) is 14.0. The second kappa shape index (κ2) is 8.00. The van der Waals surface area contributed by atoms with Crippen molar-refractivity contribution in [2.75, 3.05) is 32.2 Å². The van der Waals surface area contributed by atoms with Crippen molar-refractivity contribution in [3.05, 3.63) is 54.1 Å². The Bertz CT molecular complexity index is 832. The van der Waals surface area contributed by atoms with Gasteiger partial charge in [-0.05, 0) is 42.5 Å². The van der Waals surface area contributed by atoms with E-state index in [9.17, 15) is 13.2 Å². The number of nitrogens with zero attached hydrogens (tertiary/aromatic N) is 1. The minimum atomic E-state index is -3.72. The Labute approximate surface area is 147 Å². The first-order chi connectivity index (χ1) is 11.8. The maximum absolute atomic E-state index is 12.0. The number of carbonyl (C=O) groups is 1. The number of anilines is 1. The molecule has 2 N–H and O–H groups in total. The van der Waals surface area contributed by atoms with Gasteiger partial charge in [0.1, 0.15) is 19.0 Å². The lowest BCUT2D eigenvalue weighted by Crippen LogP contribution is -2.14. The van der Waals surface area contributed by atoms with Crippen LogP contribution in [0, 0.1) is 0 Å². The molecular formula is C17H20N2O5S. The normalized spacial score (nSPS) is 11.0. The van der Waals surface area contributed by atoms with Gasteiger partial charge in [-0.3, -0.25) is 0 Å². The summed E-state index contributed by atoms with van der Waals surface area (Å²) in [6.07, 6.45) is 0. The number of sulfonamides is 1. The Morgan fingerprint density at radius 2 is 1.76 bits per heavy atom. The molecule has 0 aliphatic rings. The van der Waals surface area contributed by atoms with Crippen LogP contribution < -0.4 is 14.8 Å².